The number of hydrogen-bond acceptors (Lipinski definition) is 3. The molecule has 0 aliphatic heterocycles. The first-order chi connectivity index (χ1) is 8.70. The molecule has 0 fully saturated rings. The van der Waals surface area contributed by atoms with Gasteiger partial charge in [-0.15, -0.1) is 23.1 Å². The first-order valence-electron chi connectivity index (χ1n) is 5.48. The fourth-order valence-corrected chi connectivity index (χ4v) is 3.37. The summed E-state index contributed by atoms with van der Waals surface area (Å²) in [5.41, 5.74) is 1.56. The Kier molecular flexibility index (Phi) is 4.86. The maximum Gasteiger partial charge on any atom is 0.256 e. The number of carbonyl (C=O) groups is 1. The van der Waals surface area contributed by atoms with Crippen LogP contribution in [0.4, 0.5) is 5.69 Å². The first kappa shape index (κ1) is 13.6. The highest BCUT2D eigenvalue weighted by Crippen LogP contribution is 2.28. The van der Waals surface area contributed by atoms with Crippen LogP contribution in [0.1, 0.15) is 17.3 Å². The van der Waals surface area contributed by atoms with E-state index in [0.29, 0.717) is 5.56 Å². The molecular formula is C13H12BrNOS2. The second kappa shape index (κ2) is 6.41. The van der Waals surface area contributed by atoms with E-state index in [-0.39, 0.29) is 5.91 Å². The molecule has 0 spiro atoms. The summed E-state index contributed by atoms with van der Waals surface area (Å²) >= 11 is 6.59. The second-order valence-electron chi connectivity index (χ2n) is 3.52. The molecule has 94 valence electrons. The Morgan fingerprint density at radius 1 is 1.44 bits per heavy atom. The van der Waals surface area contributed by atoms with Crippen molar-refractivity contribution in [3.05, 3.63) is 45.1 Å². The number of thiophene rings is 1. The van der Waals surface area contributed by atoms with Crippen molar-refractivity contribution in [3.63, 3.8) is 0 Å². The predicted octanol–water partition coefficient (Wildman–Crippen LogP) is 4.87. The highest BCUT2D eigenvalue weighted by atomic mass is 79.9. The minimum Gasteiger partial charge on any atom is -0.321 e. The number of thioether (sulfide) groups is 1. The smallest absolute Gasteiger partial charge is 0.256 e. The summed E-state index contributed by atoms with van der Waals surface area (Å²) in [4.78, 5) is 13.1. The van der Waals surface area contributed by atoms with Crippen LogP contribution >= 0.6 is 39.0 Å². The average Bonchev–Trinajstić information content (AvgIpc) is 2.79. The van der Waals surface area contributed by atoms with Crippen LogP contribution in [-0.2, 0) is 0 Å². The van der Waals surface area contributed by atoms with Gasteiger partial charge in [0.2, 0.25) is 0 Å². The van der Waals surface area contributed by atoms with Crippen LogP contribution in [-0.4, -0.2) is 11.7 Å². The van der Waals surface area contributed by atoms with Crippen LogP contribution in [0.3, 0.4) is 0 Å². The van der Waals surface area contributed by atoms with Crippen molar-refractivity contribution in [2.45, 2.75) is 11.8 Å². The highest BCUT2D eigenvalue weighted by Gasteiger charge is 2.10. The van der Waals surface area contributed by atoms with E-state index >= 15 is 0 Å². The Bertz CT molecular complexity index is 553. The molecule has 0 saturated carbocycles. The standard InChI is InChI=1S/C13H12BrNOS2/c1-2-17-11-6-4-3-5-10(11)15-13(16)9-7-12(14)18-8-9/h3-8H,2H2,1H3,(H,15,16). The van der Waals surface area contributed by atoms with Gasteiger partial charge in [0.1, 0.15) is 0 Å². The van der Waals surface area contributed by atoms with Crippen molar-refractivity contribution in [2.75, 3.05) is 11.1 Å². The number of para-hydroxylation sites is 1. The van der Waals surface area contributed by atoms with Crippen molar-refractivity contribution >= 4 is 50.6 Å². The van der Waals surface area contributed by atoms with E-state index in [2.05, 4.69) is 28.2 Å². The molecule has 18 heavy (non-hydrogen) atoms. The average molecular weight is 342 g/mol. The molecule has 2 aromatic rings. The molecule has 1 heterocycles. The third-order valence-electron chi connectivity index (χ3n) is 2.26. The lowest BCUT2D eigenvalue weighted by Gasteiger charge is -2.09. The van der Waals surface area contributed by atoms with Gasteiger partial charge in [-0.05, 0) is 39.9 Å². The van der Waals surface area contributed by atoms with E-state index in [1.54, 1.807) is 11.8 Å². The molecule has 0 unspecified atom stereocenters. The molecule has 0 bridgehead atoms. The topological polar surface area (TPSA) is 29.1 Å². The maximum atomic E-state index is 12.0. The number of rotatable bonds is 4. The minimum atomic E-state index is -0.0684. The van der Waals surface area contributed by atoms with Crippen LogP contribution in [0.5, 0.6) is 0 Å². The van der Waals surface area contributed by atoms with Gasteiger partial charge in [-0.3, -0.25) is 4.79 Å². The van der Waals surface area contributed by atoms with Gasteiger partial charge in [0.25, 0.3) is 5.91 Å². The van der Waals surface area contributed by atoms with E-state index in [4.69, 9.17) is 0 Å². The molecule has 1 amide bonds. The lowest BCUT2D eigenvalue weighted by molar-refractivity contribution is 0.102. The van der Waals surface area contributed by atoms with E-state index in [1.807, 2.05) is 35.7 Å². The number of anilines is 1. The van der Waals surface area contributed by atoms with Crippen molar-refractivity contribution < 1.29 is 4.79 Å². The summed E-state index contributed by atoms with van der Waals surface area (Å²) < 4.78 is 0.962. The number of amides is 1. The summed E-state index contributed by atoms with van der Waals surface area (Å²) in [5, 5.41) is 4.79. The Morgan fingerprint density at radius 3 is 2.89 bits per heavy atom. The van der Waals surface area contributed by atoms with Crippen LogP contribution in [0.2, 0.25) is 0 Å². The lowest BCUT2D eigenvalue weighted by atomic mass is 10.3. The lowest BCUT2D eigenvalue weighted by Crippen LogP contribution is -2.11. The number of halogens is 1. The molecule has 0 aliphatic carbocycles. The zero-order chi connectivity index (χ0) is 13.0. The fourth-order valence-electron chi connectivity index (χ4n) is 1.47. The molecule has 5 heteroatoms. The normalized spacial score (nSPS) is 10.3. The molecule has 0 aliphatic rings. The van der Waals surface area contributed by atoms with Gasteiger partial charge in [0.05, 0.1) is 15.0 Å². The number of carbonyl (C=O) groups excluding carboxylic acids is 1. The monoisotopic (exact) mass is 341 g/mol. The van der Waals surface area contributed by atoms with Gasteiger partial charge in [0, 0.05) is 10.3 Å². The van der Waals surface area contributed by atoms with Crippen LogP contribution < -0.4 is 5.32 Å². The van der Waals surface area contributed by atoms with Gasteiger partial charge in [-0.2, -0.15) is 0 Å². The molecule has 0 radical (unpaired) electrons. The molecule has 1 aromatic carbocycles. The zero-order valence-corrected chi connectivity index (χ0v) is 13.0. The minimum absolute atomic E-state index is 0.0684. The van der Waals surface area contributed by atoms with Gasteiger partial charge < -0.3 is 5.32 Å². The quantitative estimate of drug-likeness (QED) is 0.803. The molecule has 2 rings (SSSR count). The summed E-state index contributed by atoms with van der Waals surface area (Å²) in [6.07, 6.45) is 0. The van der Waals surface area contributed by atoms with Crippen molar-refractivity contribution in [1.82, 2.24) is 0 Å². The number of nitrogens with one attached hydrogen (secondary N) is 1. The molecule has 1 aromatic heterocycles. The maximum absolute atomic E-state index is 12.0. The second-order valence-corrected chi connectivity index (χ2v) is 7.12. The van der Waals surface area contributed by atoms with Gasteiger partial charge in [0.15, 0.2) is 0 Å². The highest BCUT2D eigenvalue weighted by molar-refractivity contribution is 9.11. The summed E-state index contributed by atoms with van der Waals surface area (Å²) in [5.74, 6) is 0.915. The van der Waals surface area contributed by atoms with Crippen LogP contribution in [0, 0.1) is 0 Å². The summed E-state index contributed by atoms with van der Waals surface area (Å²) in [6.45, 7) is 2.10. The Hall–Kier alpha value is -0.780. The summed E-state index contributed by atoms with van der Waals surface area (Å²) in [6, 6.07) is 9.69. The van der Waals surface area contributed by atoms with Gasteiger partial charge >= 0.3 is 0 Å². The van der Waals surface area contributed by atoms with Crippen molar-refractivity contribution in [1.29, 1.82) is 0 Å². The fraction of sp³-hybridized carbons (Fsp3) is 0.154. The molecule has 1 N–H and O–H groups in total. The molecule has 0 atom stereocenters. The van der Waals surface area contributed by atoms with Crippen molar-refractivity contribution in [3.8, 4) is 0 Å². The van der Waals surface area contributed by atoms with Gasteiger partial charge in [-0.1, -0.05) is 19.1 Å². The van der Waals surface area contributed by atoms with E-state index in [9.17, 15) is 4.79 Å². The third-order valence-corrected chi connectivity index (χ3v) is 4.72. The van der Waals surface area contributed by atoms with Gasteiger partial charge in [-0.25, -0.2) is 0 Å². The van der Waals surface area contributed by atoms with Crippen LogP contribution in [0.25, 0.3) is 0 Å². The van der Waals surface area contributed by atoms with Crippen molar-refractivity contribution in [2.24, 2.45) is 0 Å². The molecule has 2 nitrogen and oxygen atoms in total. The summed E-state index contributed by atoms with van der Waals surface area (Å²) in [7, 11) is 0. The largest absolute Gasteiger partial charge is 0.321 e. The SMILES string of the molecule is CCSc1ccccc1NC(=O)c1csc(Br)c1. The molecular weight excluding hydrogens is 330 g/mol. The molecule has 0 saturated heterocycles. The Balaban J connectivity index is 2.16. The Morgan fingerprint density at radius 2 is 2.22 bits per heavy atom. The third kappa shape index (κ3) is 3.37. The van der Waals surface area contributed by atoms with E-state index in [0.717, 1.165) is 20.1 Å². The number of benzene rings is 1. The zero-order valence-electron chi connectivity index (χ0n) is 9.77. The van der Waals surface area contributed by atoms with Crippen LogP contribution in [0.15, 0.2) is 44.4 Å². The van der Waals surface area contributed by atoms with E-state index < -0.39 is 0 Å². The van der Waals surface area contributed by atoms with E-state index in [1.165, 1.54) is 11.3 Å². The predicted molar refractivity (Wildman–Crippen MR) is 82.8 cm³/mol. The Labute approximate surface area is 123 Å². The number of hydrogen-bond donors (Lipinski definition) is 1. The first-order valence-corrected chi connectivity index (χ1v) is 8.13.